The number of aromatic nitrogens is 3. The SMILES string of the molecule is CC#CCOc1cnc2c(Nc3cnc(F)c(C4CS(=O)(=O)C5N=C5N4)c3)nccc2c1. The van der Waals surface area contributed by atoms with Crippen LogP contribution in [0.2, 0.25) is 0 Å². The molecule has 11 heteroatoms. The van der Waals surface area contributed by atoms with E-state index >= 15 is 0 Å². The van der Waals surface area contributed by atoms with Gasteiger partial charge >= 0.3 is 0 Å². The van der Waals surface area contributed by atoms with Gasteiger partial charge in [-0.15, -0.1) is 5.92 Å². The third-order valence-electron chi connectivity index (χ3n) is 5.05. The molecular formula is C21H17FN6O3S. The molecule has 9 nitrogen and oxygen atoms in total. The Bertz CT molecular complexity index is 1430. The number of nitrogens with one attached hydrogen (secondary N) is 2. The van der Waals surface area contributed by atoms with Crippen molar-refractivity contribution >= 4 is 38.1 Å². The molecule has 162 valence electrons. The minimum absolute atomic E-state index is 0.132. The number of hydrogen-bond donors (Lipinski definition) is 2. The number of nitrogens with zero attached hydrogens (tertiary/aromatic N) is 4. The summed E-state index contributed by atoms with van der Waals surface area (Å²) in [7, 11) is -3.44. The number of rotatable bonds is 5. The second kappa shape index (κ2) is 7.72. The van der Waals surface area contributed by atoms with Gasteiger partial charge in [-0.3, -0.25) is 0 Å². The van der Waals surface area contributed by atoms with Gasteiger partial charge in [0.05, 0.1) is 29.9 Å². The molecule has 0 amide bonds. The Balaban J connectivity index is 1.42. The average Bonchev–Trinajstić information content (AvgIpc) is 3.56. The minimum Gasteiger partial charge on any atom is -0.479 e. The number of fused-ring (bicyclic) bond motifs is 2. The molecule has 2 aliphatic heterocycles. The van der Waals surface area contributed by atoms with Crippen LogP contribution in [0.4, 0.5) is 15.9 Å². The molecule has 1 fully saturated rings. The van der Waals surface area contributed by atoms with E-state index in [1.54, 1.807) is 25.4 Å². The molecule has 0 aliphatic carbocycles. The fourth-order valence-electron chi connectivity index (χ4n) is 3.48. The van der Waals surface area contributed by atoms with Crippen molar-refractivity contribution in [3.8, 4) is 17.6 Å². The molecule has 3 aromatic heterocycles. The number of hydrogen-bond acceptors (Lipinski definition) is 9. The second-order valence-corrected chi connectivity index (χ2v) is 9.35. The second-order valence-electron chi connectivity index (χ2n) is 7.24. The quantitative estimate of drug-likeness (QED) is 0.446. The standard InChI is InChI=1S/C21H17FN6O3S/c1-2-3-6-31-14-7-12-4-5-23-19(17(12)24-10-14)26-13-8-15(18(22)25-9-13)16-11-32(29,30)21-20(27-16)28-21/h4-5,7-10,16,21H,6,11H2,1H3,(H,23,26)(H,27,28). The highest BCUT2D eigenvalue weighted by molar-refractivity contribution is 7.93. The summed E-state index contributed by atoms with van der Waals surface area (Å²) < 4.78 is 44.4. The van der Waals surface area contributed by atoms with Crippen molar-refractivity contribution in [2.45, 2.75) is 18.3 Å². The normalized spacial score (nSPS) is 20.2. The van der Waals surface area contributed by atoms with Crippen molar-refractivity contribution in [1.29, 1.82) is 0 Å². The number of halogens is 1. The van der Waals surface area contributed by atoms with Gasteiger partial charge in [0.1, 0.15) is 23.7 Å². The van der Waals surface area contributed by atoms with Crippen LogP contribution in [-0.4, -0.2) is 46.9 Å². The van der Waals surface area contributed by atoms with Crippen LogP contribution in [0.3, 0.4) is 0 Å². The molecule has 3 aromatic rings. The summed E-state index contributed by atoms with van der Waals surface area (Å²) in [4.78, 5) is 16.4. The Labute approximate surface area is 183 Å². The number of ether oxygens (including phenoxy) is 1. The van der Waals surface area contributed by atoms with E-state index in [2.05, 4.69) is 42.4 Å². The Morgan fingerprint density at radius 3 is 2.97 bits per heavy atom. The number of amidine groups is 1. The fourth-order valence-corrected chi connectivity index (χ4v) is 5.07. The topological polar surface area (TPSA) is 118 Å². The predicted molar refractivity (Wildman–Crippen MR) is 117 cm³/mol. The van der Waals surface area contributed by atoms with Crippen molar-refractivity contribution in [3.63, 3.8) is 0 Å². The minimum atomic E-state index is -3.44. The lowest BCUT2D eigenvalue weighted by Gasteiger charge is -2.22. The molecule has 2 aliphatic rings. The highest BCUT2D eigenvalue weighted by atomic mass is 32.2. The van der Waals surface area contributed by atoms with Gasteiger partial charge in [-0.1, -0.05) is 5.92 Å². The number of anilines is 2. The van der Waals surface area contributed by atoms with Crippen LogP contribution in [0.25, 0.3) is 10.9 Å². The Morgan fingerprint density at radius 1 is 1.28 bits per heavy atom. The van der Waals surface area contributed by atoms with Crippen LogP contribution in [0.5, 0.6) is 5.75 Å². The maximum Gasteiger partial charge on any atom is 0.218 e. The van der Waals surface area contributed by atoms with Crippen molar-refractivity contribution in [2.75, 3.05) is 17.7 Å². The zero-order valence-electron chi connectivity index (χ0n) is 16.8. The smallest absolute Gasteiger partial charge is 0.218 e. The lowest BCUT2D eigenvalue weighted by molar-refractivity contribution is 0.369. The first-order valence-electron chi connectivity index (χ1n) is 9.70. The zero-order valence-corrected chi connectivity index (χ0v) is 17.6. The van der Waals surface area contributed by atoms with Gasteiger partial charge in [-0.05, 0) is 25.1 Å². The molecular weight excluding hydrogens is 435 g/mol. The average molecular weight is 452 g/mol. The molecule has 2 unspecified atom stereocenters. The third-order valence-corrected chi connectivity index (χ3v) is 6.86. The fraction of sp³-hybridized carbons (Fsp3) is 0.238. The van der Waals surface area contributed by atoms with Crippen LogP contribution in [0.15, 0.2) is 41.8 Å². The van der Waals surface area contributed by atoms with E-state index in [9.17, 15) is 12.8 Å². The largest absolute Gasteiger partial charge is 0.479 e. The first-order chi connectivity index (χ1) is 15.4. The molecule has 5 heterocycles. The van der Waals surface area contributed by atoms with Crippen LogP contribution >= 0.6 is 0 Å². The first kappa shape index (κ1) is 20.1. The van der Waals surface area contributed by atoms with Gasteiger partial charge in [0, 0.05) is 17.1 Å². The van der Waals surface area contributed by atoms with Crippen molar-refractivity contribution in [1.82, 2.24) is 20.3 Å². The van der Waals surface area contributed by atoms with Gasteiger partial charge in [0.15, 0.2) is 15.7 Å². The van der Waals surface area contributed by atoms with E-state index < -0.39 is 27.2 Å². The van der Waals surface area contributed by atoms with Gasteiger partial charge in [0.2, 0.25) is 11.3 Å². The summed E-state index contributed by atoms with van der Waals surface area (Å²) in [6, 6.07) is 4.37. The molecule has 0 radical (unpaired) electrons. The Morgan fingerprint density at radius 2 is 2.16 bits per heavy atom. The van der Waals surface area contributed by atoms with Gasteiger partial charge < -0.3 is 15.4 Å². The van der Waals surface area contributed by atoms with E-state index in [0.717, 1.165) is 5.39 Å². The van der Waals surface area contributed by atoms with E-state index in [1.807, 2.05) is 6.07 Å². The van der Waals surface area contributed by atoms with Crippen LogP contribution in [-0.2, 0) is 9.84 Å². The third kappa shape index (κ3) is 3.80. The summed E-state index contributed by atoms with van der Waals surface area (Å²) in [6.07, 6.45) is 4.50. The molecule has 0 spiro atoms. The molecule has 0 aromatic carbocycles. The van der Waals surface area contributed by atoms with Gasteiger partial charge in [-0.2, -0.15) is 4.39 Å². The summed E-state index contributed by atoms with van der Waals surface area (Å²) in [5, 5.41) is 6.05. The molecule has 2 atom stereocenters. The molecule has 2 N–H and O–H groups in total. The molecule has 1 saturated heterocycles. The van der Waals surface area contributed by atoms with E-state index in [1.165, 1.54) is 12.3 Å². The number of sulfone groups is 1. The Hall–Kier alpha value is -3.78. The van der Waals surface area contributed by atoms with Crippen LogP contribution in [0.1, 0.15) is 18.5 Å². The number of pyridine rings is 3. The van der Waals surface area contributed by atoms with Gasteiger partial charge in [0.25, 0.3) is 0 Å². The van der Waals surface area contributed by atoms with Crippen molar-refractivity contribution < 1.29 is 17.5 Å². The lowest BCUT2D eigenvalue weighted by Crippen LogP contribution is -2.40. The van der Waals surface area contributed by atoms with Crippen LogP contribution in [0, 0.1) is 17.8 Å². The summed E-state index contributed by atoms with van der Waals surface area (Å²) in [5.41, 5.74) is 1.16. The molecule has 5 rings (SSSR count). The summed E-state index contributed by atoms with van der Waals surface area (Å²) in [6.45, 7) is 2.00. The summed E-state index contributed by atoms with van der Waals surface area (Å²) >= 11 is 0. The zero-order chi connectivity index (χ0) is 22.3. The van der Waals surface area contributed by atoms with Crippen LogP contribution < -0.4 is 15.4 Å². The highest BCUT2D eigenvalue weighted by Gasteiger charge is 2.48. The molecule has 0 bridgehead atoms. The predicted octanol–water partition coefficient (Wildman–Crippen LogP) is 2.11. The van der Waals surface area contributed by atoms with E-state index in [0.29, 0.717) is 28.6 Å². The monoisotopic (exact) mass is 452 g/mol. The van der Waals surface area contributed by atoms with Crippen molar-refractivity contribution in [2.24, 2.45) is 4.99 Å². The van der Waals surface area contributed by atoms with Gasteiger partial charge in [-0.25, -0.2) is 28.4 Å². The maximum absolute atomic E-state index is 14.4. The van der Waals surface area contributed by atoms with Crippen molar-refractivity contribution in [3.05, 3.63) is 48.3 Å². The Kier molecular flexibility index (Phi) is 4.86. The summed E-state index contributed by atoms with van der Waals surface area (Å²) in [5.74, 6) is 5.96. The maximum atomic E-state index is 14.4. The molecule has 32 heavy (non-hydrogen) atoms. The van der Waals surface area contributed by atoms with E-state index in [4.69, 9.17) is 4.74 Å². The molecule has 0 saturated carbocycles. The lowest BCUT2D eigenvalue weighted by atomic mass is 10.1. The first-order valence-corrected chi connectivity index (χ1v) is 11.4. The number of aliphatic imine (C=N–C) groups is 1. The highest BCUT2D eigenvalue weighted by Crippen LogP contribution is 2.32. The van der Waals surface area contributed by atoms with E-state index in [-0.39, 0.29) is 17.9 Å².